The highest BCUT2D eigenvalue weighted by Crippen LogP contribution is 2.45. The molecule has 3 nitrogen and oxygen atoms in total. The molecule has 0 bridgehead atoms. The minimum absolute atomic E-state index is 0.000346. The molecule has 1 aliphatic heterocycles. The van der Waals surface area contributed by atoms with Crippen molar-refractivity contribution >= 4 is 0 Å². The summed E-state index contributed by atoms with van der Waals surface area (Å²) in [5.74, 6) is 1.35. The summed E-state index contributed by atoms with van der Waals surface area (Å²) in [7, 11) is 0. The molecule has 0 aromatic rings. The second kappa shape index (κ2) is 5.14. The van der Waals surface area contributed by atoms with Gasteiger partial charge in [0, 0.05) is 31.2 Å². The number of rotatable bonds is 5. The van der Waals surface area contributed by atoms with Crippen LogP contribution in [0.4, 0.5) is 13.2 Å². The largest absolute Gasteiger partial charge is 0.522 e. The van der Waals surface area contributed by atoms with Gasteiger partial charge in [0.15, 0.2) is 0 Å². The fraction of sp³-hybridized carbons (Fsp3) is 1.00. The van der Waals surface area contributed by atoms with E-state index >= 15 is 0 Å². The van der Waals surface area contributed by atoms with Crippen molar-refractivity contribution in [3.05, 3.63) is 0 Å². The second-order valence-electron chi connectivity index (χ2n) is 6.70. The van der Waals surface area contributed by atoms with E-state index in [1.165, 1.54) is 25.7 Å². The van der Waals surface area contributed by atoms with Gasteiger partial charge in [0.2, 0.25) is 0 Å². The Hall–Kier alpha value is -0.330. The van der Waals surface area contributed by atoms with E-state index in [9.17, 15) is 13.2 Å². The normalized spacial score (nSPS) is 36.3. The van der Waals surface area contributed by atoms with E-state index in [1.54, 1.807) is 0 Å². The Kier molecular flexibility index (Phi) is 3.75. The highest BCUT2D eigenvalue weighted by atomic mass is 19.4. The van der Waals surface area contributed by atoms with Crippen LogP contribution in [0.1, 0.15) is 32.6 Å². The molecule has 6 heteroatoms. The van der Waals surface area contributed by atoms with Gasteiger partial charge in [0.25, 0.3) is 0 Å². The smallest absolute Gasteiger partial charge is 0.311 e. The number of ether oxygens (including phenoxy) is 1. The molecule has 0 radical (unpaired) electrons. The average Bonchev–Trinajstić information content (AvgIpc) is 3.22. The molecule has 3 aliphatic rings. The second-order valence-corrected chi connectivity index (χ2v) is 6.70. The summed E-state index contributed by atoms with van der Waals surface area (Å²) >= 11 is 0. The van der Waals surface area contributed by atoms with Crippen molar-refractivity contribution in [1.29, 1.82) is 0 Å². The Labute approximate surface area is 117 Å². The Morgan fingerprint density at radius 3 is 2.50 bits per heavy atom. The third-order valence-corrected chi connectivity index (χ3v) is 5.14. The van der Waals surface area contributed by atoms with Crippen LogP contribution in [0.15, 0.2) is 0 Å². The van der Waals surface area contributed by atoms with Gasteiger partial charge in [-0.25, -0.2) is 0 Å². The summed E-state index contributed by atoms with van der Waals surface area (Å²) < 4.78 is 40.4. The van der Waals surface area contributed by atoms with E-state index in [-0.39, 0.29) is 12.1 Å². The van der Waals surface area contributed by atoms with Crippen LogP contribution in [0, 0.1) is 11.8 Å². The van der Waals surface area contributed by atoms with E-state index in [0.29, 0.717) is 18.5 Å². The molecule has 2 atom stereocenters. The van der Waals surface area contributed by atoms with Crippen molar-refractivity contribution in [2.75, 3.05) is 26.2 Å². The maximum Gasteiger partial charge on any atom is 0.522 e. The molecule has 0 spiro atoms. The summed E-state index contributed by atoms with van der Waals surface area (Å²) in [4.78, 5) is 2.25. The predicted molar refractivity (Wildman–Crippen MR) is 69.2 cm³/mol. The molecule has 20 heavy (non-hydrogen) atoms. The molecular weight excluding hydrogens is 269 g/mol. The molecule has 116 valence electrons. The lowest BCUT2D eigenvalue weighted by Gasteiger charge is -2.49. The van der Waals surface area contributed by atoms with Crippen LogP contribution >= 0.6 is 0 Å². The van der Waals surface area contributed by atoms with Gasteiger partial charge in [-0.1, -0.05) is 0 Å². The number of piperazine rings is 1. The lowest BCUT2D eigenvalue weighted by Crippen LogP contribution is -2.65. The zero-order chi connectivity index (χ0) is 14.4. The fourth-order valence-corrected chi connectivity index (χ4v) is 3.50. The molecule has 2 saturated carbocycles. The first-order chi connectivity index (χ1) is 9.38. The Morgan fingerprint density at radius 2 is 1.95 bits per heavy atom. The van der Waals surface area contributed by atoms with Crippen molar-refractivity contribution in [3.8, 4) is 0 Å². The van der Waals surface area contributed by atoms with E-state index in [2.05, 4.69) is 21.9 Å². The number of hydrogen-bond donors (Lipinski definition) is 1. The summed E-state index contributed by atoms with van der Waals surface area (Å²) in [5.41, 5.74) is 0.000346. The maximum absolute atomic E-state index is 12.1. The first-order valence-corrected chi connectivity index (χ1v) is 7.57. The van der Waals surface area contributed by atoms with Gasteiger partial charge < -0.3 is 5.32 Å². The van der Waals surface area contributed by atoms with Crippen LogP contribution in [-0.2, 0) is 4.74 Å². The van der Waals surface area contributed by atoms with Gasteiger partial charge in [-0.05, 0) is 44.4 Å². The predicted octanol–water partition coefficient (Wildman–Crippen LogP) is 2.38. The summed E-state index contributed by atoms with van der Waals surface area (Å²) in [5, 5.41) is 3.62. The number of hydrogen-bond acceptors (Lipinski definition) is 3. The molecule has 0 amide bonds. The molecule has 1 saturated heterocycles. The molecule has 1 N–H and O–H groups in total. The van der Waals surface area contributed by atoms with E-state index in [4.69, 9.17) is 0 Å². The van der Waals surface area contributed by atoms with Crippen molar-refractivity contribution in [1.82, 2.24) is 10.2 Å². The van der Waals surface area contributed by atoms with Crippen LogP contribution in [0.3, 0.4) is 0 Å². The molecule has 0 aromatic carbocycles. The van der Waals surface area contributed by atoms with Crippen LogP contribution in [0.25, 0.3) is 0 Å². The van der Waals surface area contributed by atoms with Gasteiger partial charge in [-0.3, -0.25) is 9.64 Å². The average molecular weight is 292 g/mol. The van der Waals surface area contributed by atoms with Crippen molar-refractivity contribution in [2.24, 2.45) is 11.8 Å². The lowest BCUT2D eigenvalue weighted by atomic mass is 9.88. The van der Waals surface area contributed by atoms with Gasteiger partial charge in [0.1, 0.15) is 0 Å². The SMILES string of the molecule is CC1(C2CC2)CNC(C2CC2)CN1CCOC(F)(F)F. The van der Waals surface area contributed by atoms with E-state index in [0.717, 1.165) is 19.0 Å². The Morgan fingerprint density at radius 1 is 1.25 bits per heavy atom. The van der Waals surface area contributed by atoms with Crippen molar-refractivity contribution in [3.63, 3.8) is 0 Å². The number of halogens is 3. The van der Waals surface area contributed by atoms with Crippen LogP contribution in [0.2, 0.25) is 0 Å². The Balaban J connectivity index is 1.59. The van der Waals surface area contributed by atoms with Crippen LogP contribution in [0.5, 0.6) is 0 Å². The monoisotopic (exact) mass is 292 g/mol. The zero-order valence-corrected chi connectivity index (χ0v) is 11.9. The molecule has 2 aliphatic carbocycles. The van der Waals surface area contributed by atoms with Crippen LogP contribution in [-0.4, -0.2) is 49.1 Å². The Bertz CT molecular complexity index is 355. The van der Waals surface area contributed by atoms with Crippen LogP contribution < -0.4 is 5.32 Å². The minimum Gasteiger partial charge on any atom is -0.311 e. The van der Waals surface area contributed by atoms with Gasteiger partial charge >= 0.3 is 6.36 Å². The van der Waals surface area contributed by atoms with Gasteiger partial charge in [-0.2, -0.15) is 0 Å². The third kappa shape index (κ3) is 3.28. The quantitative estimate of drug-likeness (QED) is 0.842. The summed E-state index contributed by atoms with van der Waals surface area (Å²) in [6.07, 6.45) is 0.390. The van der Waals surface area contributed by atoms with Crippen molar-refractivity contribution in [2.45, 2.75) is 50.6 Å². The topological polar surface area (TPSA) is 24.5 Å². The fourth-order valence-electron chi connectivity index (χ4n) is 3.50. The number of nitrogens with zero attached hydrogens (tertiary/aromatic N) is 1. The number of nitrogens with one attached hydrogen (secondary N) is 1. The van der Waals surface area contributed by atoms with Gasteiger partial charge in [-0.15, -0.1) is 13.2 Å². The van der Waals surface area contributed by atoms with Crippen molar-refractivity contribution < 1.29 is 17.9 Å². The first kappa shape index (κ1) is 14.6. The molecule has 3 fully saturated rings. The third-order valence-electron chi connectivity index (χ3n) is 5.14. The highest BCUT2D eigenvalue weighted by Gasteiger charge is 2.50. The minimum atomic E-state index is -4.51. The molecule has 3 rings (SSSR count). The highest BCUT2D eigenvalue weighted by molar-refractivity contribution is 5.06. The van der Waals surface area contributed by atoms with E-state index < -0.39 is 6.36 Å². The maximum atomic E-state index is 12.1. The molecular formula is C14H23F3N2O. The summed E-state index contributed by atoms with van der Waals surface area (Å²) in [6, 6.07) is 0.452. The van der Waals surface area contributed by atoms with Gasteiger partial charge in [0.05, 0.1) is 6.61 Å². The zero-order valence-electron chi connectivity index (χ0n) is 11.9. The lowest BCUT2D eigenvalue weighted by molar-refractivity contribution is -0.325. The molecule has 1 heterocycles. The standard InChI is InChI=1S/C14H23F3N2O/c1-13(11-4-5-11)9-18-12(10-2-3-10)8-19(13)6-7-20-14(15,16)17/h10-12,18H,2-9H2,1H3. The first-order valence-electron chi connectivity index (χ1n) is 7.57. The summed E-state index contributed by atoms with van der Waals surface area (Å²) in [6.45, 7) is 4.05. The van der Waals surface area contributed by atoms with E-state index in [1.807, 2.05) is 0 Å². The molecule has 2 unspecified atom stereocenters. The molecule has 0 aromatic heterocycles. The number of alkyl halides is 3.